The second-order valence-electron chi connectivity index (χ2n) is 5.14. The number of para-hydroxylation sites is 1. The number of aromatic nitrogens is 4. The third-order valence-corrected chi connectivity index (χ3v) is 5.50. The van der Waals surface area contributed by atoms with Gasteiger partial charge in [0, 0.05) is 31.6 Å². The first-order valence-corrected chi connectivity index (χ1v) is 8.99. The van der Waals surface area contributed by atoms with Crippen LogP contribution < -0.4 is 16.6 Å². The lowest BCUT2D eigenvalue weighted by molar-refractivity contribution is 0.632. The van der Waals surface area contributed by atoms with Crippen LogP contribution in [-0.2, 0) is 19.8 Å². The number of halogens is 1. The first-order valence-electron chi connectivity index (χ1n) is 7.19. The molecule has 130 valence electrons. The van der Waals surface area contributed by atoms with E-state index in [1.165, 1.54) is 46.8 Å². The van der Waals surface area contributed by atoms with E-state index in [0.717, 1.165) is 4.57 Å². The van der Waals surface area contributed by atoms with Gasteiger partial charge in [0.1, 0.15) is 5.82 Å². The molecule has 3 rings (SSSR count). The van der Waals surface area contributed by atoms with Crippen molar-refractivity contribution in [2.24, 2.45) is 14.1 Å². The van der Waals surface area contributed by atoms with Gasteiger partial charge in [0.25, 0.3) is 5.56 Å². The van der Waals surface area contributed by atoms with Crippen molar-refractivity contribution < 1.29 is 4.39 Å². The molecule has 1 aromatic carbocycles. The summed E-state index contributed by atoms with van der Waals surface area (Å²) >= 11 is 2.62. The number of nitrogens with zero attached hydrogens (tertiary/aromatic N) is 4. The summed E-state index contributed by atoms with van der Waals surface area (Å²) in [6, 6.07) is 7.72. The predicted octanol–water partition coefficient (Wildman–Crippen LogP) is 2.11. The molecule has 2 aromatic heterocycles. The van der Waals surface area contributed by atoms with E-state index in [-0.39, 0.29) is 17.1 Å². The van der Waals surface area contributed by atoms with Gasteiger partial charge in [0.2, 0.25) is 5.13 Å². The fourth-order valence-electron chi connectivity index (χ4n) is 2.05. The van der Waals surface area contributed by atoms with Crippen molar-refractivity contribution in [3.05, 3.63) is 62.7 Å². The van der Waals surface area contributed by atoms with Gasteiger partial charge in [-0.05, 0) is 12.1 Å². The highest BCUT2D eigenvalue weighted by Crippen LogP contribution is 2.30. The van der Waals surface area contributed by atoms with Crippen molar-refractivity contribution >= 4 is 33.9 Å². The normalized spacial score (nSPS) is 10.8. The van der Waals surface area contributed by atoms with Crippen LogP contribution in [0.5, 0.6) is 0 Å². The molecule has 0 aliphatic carbocycles. The molecule has 10 heteroatoms. The summed E-state index contributed by atoms with van der Waals surface area (Å²) in [6.07, 6.45) is 0. The second kappa shape index (κ2) is 7.19. The van der Waals surface area contributed by atoms with E-state index in [4.69, 9.17) is 0 Å². The molecule has 25 heavy (non-hydrogen) atoms. The highest BCUT2D eigenvalue weighted by Gasteiger charge is 2.10. The SMILES string of the molecule is Cn1c(CSc2nnc(Nc3ccccc3F)s2)cc(=O)n(C)c1=O. The molecule has 7 nitrogen and oxygen atoms in total. The Morgan fingerprint density at radius 3 is 2.72 bits per heavy atom. The van der Waals surface area contributed by atoms with Crippen molar-refractivity contribution in [1.82, 2.24) is 19.3 Å². The van der Waals surface area contributed by atoms with Gasteiger partial charge in [-0.1, -0.05) is 35.2 Å². The number of hydrogen-bond acceptors (Lipinski definition) is 7. The Labute approximate surface area is 150 Å². The Hall–Kier alpha value is -2.46. The lowest BCUT2D eigenvalue weighted by Crippen LogP contribution is -2.37. The molecule has 0 spiro atoms. The van der Waals surface area contributed by atoms with Crippen LogP contribution >= 0.6 is 23.1 Å². The van der Waals surface area contributed by atoms with Gasteiger partial charge >= 0.3 is 5.69 Å². The average Bonchev–Trinajstić information content (AvgIpc) is 3.04. The van der Waals surface area contributed by atoms with E-state index in [2.05, 4.69) is 15.5 Å². The molecule has 0 aliphatic heterocycles. The Balaban J connectivity index is 1.72. The summed E-state index contributed by atoms with van der Waals surface area (Å²) < 4.78 is 16.7. The van der Waals surface area contributed by atoms with Gasteiger partial charge in [-0.2, -0.15) is 0 Å². The molecule has 0 atom stereocenters. The van der Waals surface area contributed by atoms with Crippen molar-refractivity contribution in [3.8, 4) is 0 Å². The van der Waals surface area contributed by atoms with Crippen LogP contribution in [0.25, 0.3) is 0 Å². The molecule has 0 saturated heterocycles. The lowest BCUT2D eigenvalue weighted by atomic mass is 10.3. The Bertz CT molecular complexity index is 1030. The summed E-state index contributed by atoms with van der Waals surface area (Å²) in [5.74, 6) is 0.0258. The molecule has 0 radical (unpaired) electrons. The van der Waals surface area contributed by atoms with Gasteiger partial charge in [0.05, 0.1) is 5.69 Å². The standard InChI is InChI=1S/C15H14FN5O2S2/c1-20-9(7-12(22)21(2)15(20)23)8-24-14-19-18-13(25-14)17-11-6-4-3-5-10(11)16/h3-7H,8H2,1-2H3,(H,17,18). The van der Waals surface area contributed by atoms with Crippen LogP contribution in [0.4, 0.5) is 15.2 Å². The van der Waals surface area contributed by atoms with Gasteiger partial charge < -0.3 is 5.32 Å². The Morgan fingerprint density at radius 1 is 1.20 bits per heavy atom. The molecule has 0 fully saturated rings. The second-order valence-corrected chi connectivity index (χ2v) is 7.34. The Kier molecular flexibility index (Phi) is 5.00. The van der Waals surface area contributed by atoms with Crippen LogP contribution in [0.2, 0.25) is 0 Å². The summed E-state index contributed by atoms with van der Waals surface area (Å²) in [7, 11) is 3.05. The highest BCUT2D eigenvalue weighted by atomic mass is 32.2. The molecule has 0 unspecified atom stereocenters. The van der Waals surface area contributed by atoms with E-state index < -0.39 is 0 Å². The Morgan fingerprint density at radius 2 is 1.96 bits per heavy atom. The monoisotopic (exact) mass is 379 g/mol. The molecular weight excluding hydrogens is 365 g/mol. The quantitative estimate of drug-likeness (QED) is 0.684. The van der Waals surface area contributed by atoms with Crippen LogP contribution in [-0.4, -0.2) is 19.3 Å². The van der Waals surface area contributed by atoms with E-state index in [1.54, 1.807) is 25.2 Å². The predicted molar refractivity (Wildman–Crippen MR) is 96.1 cm³/mol. The van der Waals surface area contributed by atoms with E-state index in [9.17, 15) is 14.0 Å². The minimum Gasteiger partial charge on any atom is -0.328 e. The molecular formula is C15H14FN5O2S2. The maximum atomic E-state index is 13.6. The van der Waals surface area contributed by atoms with Gasteiger partial charge in [-0.15, -0.1) is 10.2 Å². The zero-order valence-electron chi connectivity index (χ0n) is 13.4. The largest absolute Gasteiger partial charge is 0.330 e. The molecule has 3 aromatic rings. The molecule has 0 saturated carbocycles. The fraction of sp³-hybridized carbons (Fsp3) is 0.200. The van der Waals surface area contributed by atoms with Crippen LogP contribution in [0.1, 0.15) is 5.69 Å². The van der Waals surface area contributed by atoms with Gasteiger partial charge in [-0.3, -0.25) is 13.9 Å². The van der Waals surface area contributed by atoms with Crippen molar-refractivity contribution in [2.75, 3.05) is 5.32 Å². The number of nitrogens with one attached hydrogen (secondary N) is 1. The van der Waals surface area contributed by atoms with Crippen LogP contribution in [0, 0.1) is 5.82 Å². The van der Waals surface area contributed by atoms with Crippen molar-refractivity contribution in [2.45, 2.75) is 10.1 Å². The third kappa shape index (κ3) is 3.80. The zero-order valence-corrected chi connectivity index (χ0v) is 15.0. The molecule has 2 heterocycles. The topological polar surface area (TPSA) is 81.8 Å². The highest BCUT2D eigenvalue weighted by molar-refractivity contribution is 8.00. The summed E-state index contributed by atoms with van der Waals surface area (Å²) in [6.45, 7) is 0. The van der Waals surface area contributed by atoms with E-state index in [1.807, 2.05) is 0 Å². The maximum Gasteiger partial charge on any atom is 0.330 e. The van der Waals surface area contributed by atoms with E-state index >= 15 is 0 Å². The van der Waals surface area contributed by atoms with Crippen LogP contribution in [0.3, 0.4) is 0 Å². The average molecular weight is 379 g/mol. The molecule has 0 aliphatic rings. The number of anilines is 2. The van der Waals surface area contributed by atoms with E-state index in [0.29, 0.717) is 26.6 Å². The number of thioether (sulfide) groups is 1. The van der Waals surface area contributed by atoms with Crippen molar-refractivity contribution in [3.63, 3.8) is 0 Å². The molecule has 1 N–H and O–H groups in total. The minimum absolute atomic E-state index is 0.323. The number of hydrogen-bond donors (Lipinski definition) is 1. The van der Waals surface area contributed by atoms with Gasteiger partial charge in [-0.25, -0.2) is 9.18 Å². The zero-order chi connectivity index (χ0) is 18.0. The number of benzene rings is 1. The van der Waals surface area contributed by atoms with Crippen LogP contribution in [0.15, 0.2) is 44.3 Å². The van der Waals surface area contributed by atoms with Gasteiger partial charge in [0.15, 0.2) is 4.34 Å². The molecule has 0 bridgehead atoms. The maximum absolute atomic E-state index is 13.6. The first-order chi connectivity index (χ1) is 12.0. The summed E-state index contributed by atoms with van der Waals surface area (Å²) in [5.41, 5.74) is 0.196. The lowest BCUT2D eigenvalue weighted by Gasteiger charge is -2.07. The fourth-order valence-corrected chi connectivity index (χ4v) is 3.83. The minimum atomic E-state index is -0.373. The summed E-state index contributed by atoms with van der Waals surface area (Å²) in [4.78, 5) is 23.6. The molecule has 0 amide bonds. The third-order valence-electron chi connectivity index (χ3n) is 3.49. The first kappa shape index (κ1) is 17.4. The van der Waals surface area contributed by atoms with Crippen molar-refractivity contribution in [1.29, 1.82) is 0 Å². The summed E-state index contributed by atoms with van der Waals surface area (Å²) in [5, 5.41) is 11.3. The number of rotatable bonds is 5. The smallest absolute Gasteiger partial charge is 0.328 e.